The van der Waals surface area contributed by atoms with Crippen LogP contribution in [0.15, 0.2) is 40.2 Å². The summed E-state index contributed by atoms with van der Waals surface area (Å²) in [6.07, 6.45) is 0.230. The van der Waals surface area contributed by atoms with Crippen LogP contribution < -0.4 is 15.4 Å². The summed E-state index contributed by atoms with van der Waals surface area (Å²) < 4.78 is 6.18. The molecule has 2 aromatic rings. The van der Waals surface area contributed by atoms with Gasteiger partial charge in [-0.2, -0.15) is 0 Å². The Kier molecular flexibility index (Phi) is 6.61. The third-order valence-electron chi connectivity index (χ3n) is 3.10. The lowest BCUT2D eigenvalue weighted by Gasteiger charge is -2.10. The fourth-order valence-corrected chi connectivity index (χ4v) is 3.00. The minimum absolute atomic E-state index is 0.126. The molecule has 2 rings (SSSR count). The van der Waals surface area contributed by atoms with Crippen molar-refractivity contribution in [3.8, 4) is 5.75 Å². The van der Waals surface area contributed by atoms with Gasteiger partial charge in [0, 0.05) is 29.5 Å². The van der Waals surface area contributed by atoms with E-state index in [9.17, 15) is 9.59 Å². The first-order valence-corrected chi connectivity index (χ1v) is 8.68. The van der Waals surface area contributed by atoms with E-state index in [1.807, 2.05) is 29.6 Å². The van der Waals surface area contributed by atoms with E-state index in [0.717, 1.165) is 15.8 Å². The Labute approximate surface area is 147 Å². The lowest BCUT2D eigenvalue weighted by molar-refractivity contribution is -0.121. The van der Waals surface area contributed by atoms with Gasteiger partial charge < -0.3 is 15.4 Å². The quantitative estimate of drug-likeness (QED) is 0.755. The molecule has 0 fully saturated rings. The molecular formula is C16H17BrN2O3S. The van der Waals surface area contributed by atoms with Gasteiger partial charge in [0.15, 0.2) is 0 Å². The Hall–Kier alpha value is -1.86. The minimum atomic E-state index is -0.151. The molecule has 5 nitrogen and oxygen atoms in total. The second kappa shape index (κ2) is 8.69. The molecular weight excluding hydrogens is 380 g/mol. The van der Waals surface area contributed by atoms with Gasteiger partial charge >= 0.3 is 0 Å². The van der Waals surface area contributed by atoms with Gasteiger partial charge in [-0.1, -0.05) is 22.0 Å². The summed E-state index contributed by atoms with van der Waals surface area (Å²) in [6, 6.07) is 9.19. The molecule has 0 aliphatic rings. The highest BCUT2D eigenvalue weighted by molar-refractivity contribution is 9.10. The van der Waals surface area contributed by atoms with Crippen LogP contribution in [0.5, 0.6) is 5.75 Å². The van der Waals surface area contributed by atoms with E-state index >= 15 is 0 Å². The van der Waals surface area contributed by atoms with Crippen molar-refractivity contribution in [3.05, 3.63) is 50.6 Å². The number of ether oxygens (including phenoxy) is 1. The molecule has 0 saturated heterocycles. The largest absolute Gasteiger partial charge is 0.496 e. The van der Waals surface area contributed by atoms with Crippen molar-refractivity contribution in [1.82, 2.24) is 10.6 Å². The van der Waals surface area contributed by atoms with Crippen LogP contribution in [0.25, 0.3) is 0 Å². The van der Waals surface area contributed by atoms with Crippen LogP contribution in [-0.4, -0.2) is 25.5 Å². The number of carbonyl (C=O) groups is 2. The summed E-state index contributed by atoms with van der Waals surface area (Å²) in [5, 5.41) is 7.39. The van der Waals surface area contributed by atoms with Gasteiger partial charge in [0.1, 0.15) is 5.75 Å². The van der Waals surface area contributed by atoms with Crippen molar-refractivity contribution in [1.29, 1.82) is 0 Å². The summed E-state index contributed by atoms with van der Waals surface area (Å²) in [7, 11) is 1.59. The zero-order valence-electron chi connectivity index (χ0n) is 12.6. The number of carbonyl (C=O) groups excluding carboxylic acids is 2. The second-order valence-electron chi connectivity index (χ2n) is 4.72. The molecule has 0 saturated carbocycles. The Bertz CT molecular complexity index is 674. The SMILES string of the molecule is COc1ccc(Br)cc1CNC(=O)CCNC(=O)c1cccs1. The van der Waals surface area contributed by atoms with Gasteiger partial charge in [-0.15, -0.1) is 11.3 Å². The molecule has 0 bridgehead atoms. The van der Waals surface area contributed by atoms with Gasteiger partial charge in [-0.3, -0.25) is 9.59 Å². The topological polar surface area (TPSA) is 67.4 Å². The van der Waals surface area contributed by atoms with Gasteiger partial charge in [0.25, 0.3) is 5.91 Å². The van der Waals surface area contributed by atoms with Crippen LogP contribution in [-0.2, 0) is 11.3 Å². The molecule has 0 aliphatic carbocycles. The smallest absolute Gasteiger partial charge is 0.261 e. The molecule has 0 unspecified atom stereocenters. The highest BCUT2D eigenvalue weighted by atomic mass is 79.9. The first-order chi connectivity index (χ1) is 11.1. The van der Waals surface area contributed by atoms with E-state index in [-0.39, 0.29) is 18.2 Å². The first-order valence-electron chi connectivity index (χ1n) is 7.01. The average molecular weight is 397 g/mol. The molecule has 23 heavy (non-hydrogen) atoms. The van der Waals surface area contributed by atoms with E-state index in [1.54, 1.807) is 13.2 Å². The maximum Gasteiger partial charge on any atom is 0.261 e. The fraction of sp³-hybridized carbons (Fsp3) is 0.250. The van der Waals surface area contributed by atoms with E-state index in [0.29, 0.717) is 18.0 Å². The van der Waals surface area contributed by atoms with E-state index in [4.69, 9.17) is 4.74 Å². The molecule has 122 valence electrons. The molecule has 1 aromatic heterocycles. The standard InChI is InChI=1S/C16H17BrN2O3S/c1-22-13-5-4-12(17)9-11(13)10-19-15(20)6-7-18-16(21)14-3-2-8-23-14/h2-5,8-9H,6-7,10H2,1H3,(H,18,21)(H,19,20). The van der Waals surface area contributed by atoms with Gasteiger partial charge in [0.2, 0.25) is 5.91 Å². The highest BCUT2D eigenvalue weighted by Crippen LogP contribution is 2.22. The van der Waals surface area contributed by atoms with Crippen LogP contribution in [0.4, 0.5) is 0 Å². The lowest BCUT2D eigenvalue weighted by Crippen LogP contribution is -2.30. The van der Waals surface area contributed by atoms with E-state index in [2.05, 4.69) is 26.6 Å². The number of amides is 2. The van der Waals surface area contributed by atoms with Crippen molar-refractivity contribution in [2.24, 2.45) is 0 Å². The number of hydrogen-bond acceptors (Lipinski definition) is 4. The Morgan fingerprint density at radius 1 is 1.26 bits per heavy atom. The first kappa shape index (κ1) is 17.5. The normalized spacial score (nSPS) is 10.2. The predicted octanol–water partition coefficient (Wildman–Crippen LogP) is 2.96. The Morgan fingerprint density at radius 2 is 2.09 bits per heavy atom. The minimum Gasteiger partial charge on any atom is -0.496 e. The fourth-order valence-electron chi connectivity index (χ4n) is 1.95. The van der Waals surface area contributed by atoms with Crippen LogP contribution >= 0.6 is 27.3 Å². The van der Waals surface area contributed by atoms with Crippen molar-refractivity contribution in [3.63, 3.8) is 0 Å². The molecule has 7 heteroatoms. The summed E-state index contributed by atoms with van der Waals surface area (Å²) >= 11 is 4.77. The third-order valence-corrected chi connectivity index (χ3v) is 4.46. The lowest BCUT2D eigenvalue weighted by atomic mass is 10.2. The van der Waals surface area contributed by atoms with Crippen molar-refractivity contribution in [2.45, 2.75) is 13.0 Å². The zero-order valence-corrected chi connectivity index (χ0v) is 15.0. The van der Waals surface area contributed by atoms with Gasteiger partial charge in [-0.25, -0.2) is 0 Å². The summed E-state index contributed by atoms with van der Waals surface area (Å²) in [4.78, 5) is 24.2. The Balaban J connectivity index is 1.75. The number of nitrogens with one attached hydrogen (secondary N) is 2. The summed E-state index contributed by atoms with van der Waals surface area (Å²) in [5.41, 5.74) is 0.887. The highest BCUT2D eigenvalue weighted by Gasteiger charge is 2.09. The number of thiophene rings is 1. The van der Waals surface area contributed by atoms with Gasteiger partial charge in [0.05, 0.1) is 12.0 Å². The van der Waals surface area contributed by atoms with Crippen molar-refractivity contribution >= 4 is 39.1 Å². The van der Waals surface area contributed by atoms with Crippen LogP contribution in [0.2, 0.25) is 0 Å². The number of methoxy groups -OCH3 is 1. The van der Waals surface area contributed by atoms with Crippen LogP contribution in [0, 0.1) is 0 Å². The number of halogens is 1. The molecule has 2 amide bonds. The molecule has 1 aromatic carbocycles. The molecule has 1 heterocycles. The van der Waals surface area contributed by atoms with Gasteiger partial charge in [-0.05, 0) is 29.6 Å². The number of hydrogen-bond donors (Lipinski definition) is 2. The molecule has 2 N–H and O–H groups in total. The average Bonchev–Trinajstić information content (AvgIpc) is 3.07. The summed E-state index contributed by atoms with van der Waals surface area (Å²) in [6.45, 7) is 0.679. The second-order valence-corrected chi connectivity index (χ2v) is 6.58. The Morgan fingerprint density at radius 3 is 2.78 bits per heavy atom. The van der Waals surface area contributed by atoms with Crippen molar-refractivity contribution in [2.75, 3.05) is 13.7 Å². The third kappa shape index (κ3) is 5.37. The van der Waals surface area contributed by atoms with Crippen LogP contribution in [0.1, 0.15) is 21.7 Å². The maximum absolute atomic E-state index is 11.9. The van der Waals surface area contributed by atoms with E-state index in [1.165, 1.54) is 11.3 Å². The number of rotatable bonds is 7. The summed E-state index contributed by atoms with van der Waals surface area (Å²) in [5.74, 6) is 0.444. The predicted molar refractivity (Wildman–Crippen MR) is 93.8 cm³/mol. The van der Waals surface area contributed by atoms with E-state index < -0.39 is 0 Å². The maximum atomic E-state index is 11.9. The molecule has 0 atom stereocenters. The molecule has 0 aliphatic heterocycles. The molecule has 0 radical (unpaired) electrons. The van der Waals surface area contributed by atoms with Crippen molar-refractivity contribution < 1.29 is 14.3 Å². The number of benzene rings is 1. The monoisotopic (exact) mass is 396 g/mol. The zero-order chi connectivity index (χ0) is 16.7. The molecule has 0 spiro atoms. The van der Waals surface area contributed by atoms with Crippen LogP contribution in [0.3, 0.4) is 0 Å².